The van der Waals surface area contributed by atoms with Gasteiger partial charge in [0.15, 0.2) is 5.82 Å². The highest BCUT2D eigenvalue weighted by Crippen LogP contribution is 2.37. The minimum Gasteiger partial charge on any atom is -0.508 e. The Morgan fingerprint density at radius 3 is 2.48 bits per heavy atom. The zero-order valence-electron chi connectivity index (χ0n) is 18.3. The maximum Gasteiger partial charge on any atom is 0.255 e. The van der Waals surface area contributed by atoms with Crippen molar-refractivity contribution < 1.29 is 9.90 Å². The molecule has 7 heteroatoms. The van der Waals surface area contributed by atoms with E-state index in [9.17, 15) is 9.90 Å². The molecule has 0 saturated heterocycles. The summed E-state index contributed by atoms with van der Waals surface area (Å²) in [6.07, 6.45) is 0. The van der Waals surface area contributed by atoms with Crippen molar-refractivity contribution in [3.05, 3.63) is 101 Å². The number of anilines is 2. The van der Waals surface area contributed by atoms with Crippen molar-refractivity contribution in [3.63, 3.8) is 0 Å². The normalized spacial score (nSPS) is 15.0. The van der Waals surface area contributed by atoms with Crippen LogP contribution in [0, 0.1) is 6.92 Å². The first kappa shape index (κ1) is 20.5. The number of phenolic OH excluding ortho intramolecular Hbond substituents is 1. The summed E-state index contributed by atoms with van der Waals surface area (Å²) in [4.78, 5) is 18.1. The quantitative estimate of drug-likeness (QED) is 0.423. The molecule has 4 aromatic rings. The zero-order valence-corrected chi connectivity index (χ0v) is 18.3. The number of nitrogens with zero attached hydrogens (tertiary/aromatic N) is 3. The van der Waals surface area contributed by atoms with Crippen molar-refractivity contribution in [2.45, 2.75) is 19.9 Å². The fourth-order valence-corrected chi connectivity index (χ4v) is 4.05. The number of hydrogen-bond acceptors (Lipinski definition) is 5. The van der Waals surface area contributed by atoms with Crippen LogP contribution in [-0.2, 0) is 4.79 Å². The van der Waals surface area contributed by atoms with Gasteiger partial charge in [0.05, 0.1) is 5.57 Å². The van der Waals surface area contributed by atoms with Crippen LogP contribution < -0.4 is 10.6 Å². The van der Waals surface area contributed by atoms with Crippen LogP contribution in [0.1, 0.15) is 24.1 Å². The third-order valence-corrected chi connectivity index (χ3v) is 5.61. The van der Waals surface area contributed by atoms with Crippen LogP contribution in [0.15, 0.2) is 90.1 Å². The molecule has 1 aliphatic rings. The maximum absolute atomic E-state index is 13.5. The predicted octanol–water partition coefficient (Wildman–Crippen LogP) is 4.89. The Kier molecular flexibility index (Phi) is 5.14. The predicted molar refractivity (Wildman–Crippen MR) is 128 cm³/mol. The van der Waals surface area contributed by atoms with Gasteiger partial charge in [-0.25, -0.2) is 4.68 Å². The number of carbonyl (C=O) groups excluding carboxylic acids is 1. The van der Waals surface area contributed by atoms with Crippen LogP contribution in [0.5, 0.6) is 5.75 Å². The van der Waals surface area contributed by atoms with E-state index >= 15 is 0 Å². The average Bonchev–Trinajstić information content (AvgIpc) is 3.22. The Bertz CT molecular complexity index is 1360. The van der Waals surface area contributed by atoms with E-state index in [1.54, 1.807) is 28.9 Å². The van der Waals surface area contributed by atoms with E-state index in [0.717, 1.165) is 22.4 Å². The second-order valence-corrected chi connectivity index (χ2v) is 8.05. The minimum atomic E-state index is -0.455. The third-order valence-electron chi connectivity index (χ3n) is 5.61. The van der Waals surface area contributed by atoms with Gasteiger partial charge in [0.25, 0.3) is 5.91 Å². The summed E-state index contributed by atoms with van der Waals surface area (Å²) in [5.41, 5.74) is 4.81. The molecule has 1 amide bonds. The van der Waals surface area contributed by atoms with E-state index in [-0.39, 0.29) is 11.7 Å². The summed E-state index contributed by atoms with van der Waals surface area (Å²) in [5, 5.41) is 20.6. The second kappa shape index (κ2) is 8.27. The molecular weight excluding hydrogens is 414 g/mol. The number of benzene rings is 3. The largest absolute Gasteiger partial charge is 0.508 e. The van der Waals surface area contributed by atoms with E-state index in [0.29, 0.717) is 23.0 Å². The van der Waals surface area contributed by atoms with Crippen molar-refractivity contribution in [2.75, 3.05) is 10.6 Å². The van der Waals surface area contributed by atoms with Gasteiger partial charge in [0.2, 0.25) is 5.95 Å². The Morgan fingerprint density at radius 1 is 1.00 bits per heavy atom. The lowest BCUT2D eigenvalue weighted by atomic mass is 9.94. The van der Waals surface area contributed by atoms with Gasteiger partial charge in [-0.3, -0.25) is 4.79 Å². The van der Waals surface area contributed by atoms with Gasteiger partial charge in [-0.1, -0.05) is 48.0 Å². The minimum absolute atomic E-state index is 0.177. The lowest BCUT2D eigenvalue weighted by Gasteiger charge is -2.29. The topological polar surface area (TPSA) is 92.1 Å². The molecule has 0 saturated carbocycles. The molecule has 2 heterocycles. The summed E-state index contributed by atoms with van der Waals surface area (Å²) in [7, 11) is 0. The molecule has 33 heavy (non-hydrogen) atoms. The maximum atomic E-state index is 13.5. The monoisotopic (exact) mass is 437 g/mol. The van der Waals surface area contributed by atoms with Crippen molar-refractivity contribution in [1.29, 1.82) is 0 Å². The van der Waals surface area contributed by atoms with Crippen LogP contribution in [0.4, 0.5) is 11.6 Å². The Hall–Kier alpha value is -4.39. The number of rotatable bonds is 4. The highest BCUT2D eigenvalue weighted by Gasteiger charge is 2.34. The zero-order chi connectivity index (χ0) is 22.9. The number of para-hydroxylation sites is 1. The van der Waals surface area contributed by atoms with Crippen molar-refractivity contribution in [2.24, 2.45) is 0 Å². The molecule has 5 rings (SSSR count). The van der Waals surface area contributed by atoms with E-state index in [2.05, 4.69) is 21.7 Å². The van der Waals surface area contributed by atoms with Crippen LogP contribution >= 0.6 is 0 Å². The van der Waals surface area contributed by atoms with Crippen molar-refractivity contribution >= 4 is 17.5 Å². The summed E-state index contributed by atoms with van der Waals surface area (Å²) in [6.45, 7) is 3.90. The number of hydrogen-bond donors (Lipinski definition) is 3. The van der Waals surface area contributed by atoms with E-state index in [4.69, 9.17) is 5.10 Å². The molecule has 1 unspecified atom stereocenters. The first-order valence-corrected chi connectivity index (χ1v) is 10.7. The molecule has 0 aliphatic carbocycles. The van der Waals surface area contributed by atoms with Gasteiger partial charge in [-0.2, -0.15) is 4.98 Å². The molecule has 1 aliphatic heterocycles. The van der Waals surface area contributed by atoms with Crippen molar-refractivity contribution in [1.82, 2.24) is 14.8 Å². The number of phenols is 1. The van der Waals surface area contributed by atoms with Crippen LogP contribution in [0.25, 0.3) is 11.4 Å². The Labute approximate surface area is 191 Å². The number of aryl methyl sites for hydroxylation is 1. The summed E-state index contributed by atoms with van der Waals surface area (Å²) in [6, 6.07) is 23.7. The van der Waals surface area contributed by atoms with E-state index < -0.39 is 6.04 Å². The molecule has 3 aromatic carbocycles. The number of nitrogens with one attached hydrogen (secondary N) is 2. The number of amides is 1. The second-order valence-electron chi connectivity index (χ2n) is 8.05. The van der Waals surface area contributed by atoms with Crippen molar-refractivity contribution in [3.8, 4) is 17.1 Å². The summed E-state index contributed by atoms with van der Waals surface area (Å²) in [5.74, 6) is 1.03. The molecular formula is C26H23N5O2. The fraction of sp³-hybridized carbons (Fsp3) is 0.115. The third kappa shape index (κ3) is 3.96. The molecule has 164 valence electrons. The van der Waals surface area contributed by atoms with Gasteiger partial charge < -0.3 is 15.7 Å². The van der Waals surface area contributed by atoms with Crippen LogP contribution in [0.3, 0.4) is 0 Å². The molecule has 3 N–H and O–H groups in total. The molecule has 0 bridgehead atoms. The smallest absolute Gasteiger partial charge is 0.255 e. The lowest BCUT2D eigenvalue weighted by Crippen LogP contribution is -2.31. The van der Waals surface area contributed by atoms with E-state index in [1.807, 2.05) is 62.4 Å². The molecule has 0 radical (unpaired) electrons. The van der Waals surface area contributed by atoms with Gasteiger partial charge in [0, 0.05) is 16.9 Å². The van der Waals surface area contributed by atoms with E-state index in [1.165, 1.54) is 0 Å². The number of fused-ring (bicyclic) bond motifs is 1. The van der Waals surface area contributed by atoms with Gasteiger partial charge in [0.1, 0.15) is 11.8 Å². The first-order valence-electron chi connectivity index (χ1n) is 10.7. The average molecular weight is 438 g/mol. The number of carbonyl (C=O) groups is 1. The first-order chi connectivity index (χ1) is 16.0. The lowest BCUT2D eigenvalue weighted by molar-refractivity contribution is -0.113. The molecule has 7 nitrogen and oxygen atoms in total. The SMILES string of the molecule is CC1=C(C(=O)Nc2ccccc2)C(c2cccc(C)c2)n2nc(-c3ccc(O)cc3)nc2N1. The van der Waals surface area contributed by atoms with Crippen LogP contribution in [0.2, 0.25) is 0 Å². The van der Waals surface area contributed by atoms with Crippen LogP contribution in [-0.4, -0.2) is 25.8 Å². The molecule has 0 spiro atoms. The Morgan fingerprint density at radius 2 is 1.76 bits per heavy atom. The number of aromatic hydroxyl groups is 1. The van der Waals surface area contributed by atoms with Gasteiger partial charge in [-0.05, 0) is 55.8 Å². The summed E-state index contributed by atoms with van der Waals surface area (Å²) < 4.78 is 1.75. The Balaban J connectivity index is 1.61. The highest BCUT2D eigenvalue weighted by atomic mass is 16.3. The number of aromatic nitrogens is 3. The fourth-order valence-electron chi connectivity index (χ4n) is 4.05. The molecule has 1 aromatic heterocycles. The standard InChI is InChI=1S/C26H23N5O2/c1-16-7-6-8-19(15-16)23-22(25(33)28-20-9-4-3-5-10-20)17(2)27-26-29-24(30-31(23)26)18-11-13-21(32)14-12-18/h3-15,23,32H,1-2H3,(H,28,33)(H,27,29,30). The molecule has 1 atom stereocenters. The number of allylic oxidation sites excluding steroid dienone is 1. The van der Waals surface area contributed by atoms with Gasteiger partial charge >= 0.3 is 0 Å². The molecule has 0 fully saturated rings. The highest BCUT2D eigenvalue weighted by molar-refractivity contribution is 6.06. The summed E-state index contributed by atoms with van der Waals surface area (Å²) >= 11 is 0. The van der Waals surface area contributed by atoms with Gasteiger partial charge in [-0.15, -0.1) is 5.10 Å².